The van der Waals surface area contributed by atoms with E-state index in [1.165, 1.54) is 13.8 Å². The van der Waals surface area contributed by atoms with Gasteiger partial charge in [-0.25, -0.2) is 9.59 Å². The summed E-state index contributed by atoms with van der Waals surface area (Å²) in [5.41, 5.74) is 3.80. The number of benzene rings is 2. The third kappa shape index (κ3) is 5.23. The number of carbonyl (C=O) groups is 2. The Labute approximate surface area is 170 Å². The maximum atomic E-state index is 12.1. The molecule has 0 atom stereocenters. The maximum Gasteiger partial charge on any atom is 0.338 e. The normalized spacial score (nSPS) is 10.1. The highest BCUT2D eigenvalue weighted by Crippen LogP contribution is 2.37. The quantitative estimate of drug-likeness (QED) is 0.361. The second kappa shape index (κ2) is 9.06. The van der Waals surface area contributed by atoms with Crippen molar-refractivity contribution in [2.75, 3.05) is 7.11 Å². The van der Waals surface area contributed by atoms with Crippen molar-refractivity contribution in [2.24, 2.45) is 0 Å². The fourth-order valence-corrected chi connectivity index (χ4v) is 2.47. The fraction of sp³-hybridized carbons (Fsp3) is 0.167. The largest absolute Gasteiger partial charge is 0.497 e. The van der Waals surface area contributed by atoms with Gasteiger partial charge in [0.2, 0.25) is 0 Å². The van der Waals surface area contributed by atoms with E-state index in [1.807, 2.05) is 25.1 Å². The summed E-state index contributed by atoms with van der Waals surface area (Å²) in [4.78, 5) is 24.0. The lowest BCUT2D eigenvalue weighted by molar-refractivity contribution is -0.132. The third-order valence-electron chi connectivity index (χ3n) is 4.04. The van der Waals surface area contributed by atoms with E-state index in [4.69, 9.17) is 14.2 Å². The molecule has 0 spiro atoms. The van der Waals surface area contributed by atoms with Crippen LogP contribution in [0.2, 0.25) is 0 Å². The van der Waals surface area contributed by atoms with Gasteiger partial charge >= 0.3 is 11.9 Å². The van der Waals surface area contributed by atoms with Gasteiger partial charge in [0.15, 0.2) is 11.5 Å². The molecule has 0 aliphatic carbocycles. The monoisotopic (exact) mass is 392 g/mol. The Morgan fingerprint density at radius 3 is 1.90 bits per heavy atom. The first-order valence-electron chi connectivity index (χ1n) is 8.87. The first-order chi connectivity index (χ1) is 13.6. The van der Waals surface area contributed by atoms with Gasteiger partial charge in [-0.15, -0.1) is 0 Å². The summed E-state index contributed by atoms with van der Waals surface area (Å²) in [6, 6.07) is 10.6. The van der Waals surface area contributed by atoms with Crippen LogP contribution in [0.15, 0.2) is 67.3 Å². The number of ether oxygens (including phenoxy) is 3. The van der Waals surface area contributed by atoms with E-state index in [0.29, 0.717) is 5.75 Å². The standard InChI is InChI=1S/C24H24O5/c1-14(2)20-13-18(27-7)9-10-19(20)17-8-11-21(28-23(25)15(3)4)22(12-17)29-24(26)16(5)6/h8-13H,1,3,5H2,2,4,6-7H3. The van der Waals surface area contributed by atoms with Crippen LogP contribution in [0.1, 0.15) is 26.3 Å². The Kier molecular flexibility index (Phi) is 6.78. The third-order valence-corrected chi connectivity index (χ3v) is 4.04. The molecule has 0 saturated carbocycles. The number of methoxy groups -OCH3 is 1. The van der Waals surface area contributed by atoms with Gasteiger partial charge in [0.05, 0.1) is 7.11 Å². The zero-order chi connectivity index (χ0) is 21.7. The smallest absolute Gasteiger partial charge is 0.338 e. The number of hydrogen-bond donors (Lipinski definition) is 0. The number of hydrogen-bond acceptors (Lipinski definition) is 5. The Hall–Kier alpha value is -3.60. The molecule has 0 fully saturated rings. The highest BCUT2D eigenvalue weighted by atomic mass is 16.6. The molecule has 5 heteroatoms. The van der Waals surface area contributed by atoms with Crippen LogP contribution in [0, 0.1) is 0 Å². The van der Waals surface area contributed by atoms with Crippen LogP contribution in [0.25, 0.3) is 16.7 Å². The van der Waals surface area contributed by atoms with Crippen molar-refractivity contribution in [3.05, 3.63) is 72.8 Å². The summed E-state index contributed by atoms with van der Waals surface area (Å²) in [5, 5.41) is 0. The van der Waals surface area contributed by atoms with Crippen molar-refractivity contribution < 1.29 is 23.8 Å². The van der Waals surface area contributed by atoms with Gasteiger partial charge in [-0.05, 0) is 61.7 Å². The second-order valence-corrected chi connectivity index (χ2v) is 6.69. The molecule has 0 aliphatic heterocycles. The summed E-state index contributed by atoms with van der Waals surface area (Å²) >= 11 is 0. The van der Waals surface area contributed by atoms with Crippen LogP contribution < -0.4 is 14.2 Å². The number of allylic oxidation sites excluding steroid dienone is 1. The van der Waals surface area contributed by atoms with E-state index >= 15 is 0 Å². The van der Waals surface area contributed by atoms with Gasteiger partial charge in [-0.1, -0.05) is 37.4 Å². The molecule has 0 saturated heterocycles. The van der Waals surface area contributed by atoms with Crippen molar-refractivity contribution >= 4 is 17.5 Å². The molecule has 0 amide bonds. The number of rotatable bonds is 7. The average Bonchev–Trinajstić information content (AvgIpc) is 2.68. The van der Waals surface area contributed by atoms with Crippen molar-refractivity contribution in [3.8, 4) is 28.4 Å². The highest BCUT2D eigenvalue weighted by molar-refractivity contribution is 5.92. The van der Waals surface area contributed by atoms with Crippen LogP contribution in [0.4, 0.5) is 0 Å². The first-order valence-corrected chi connectivity index (χ1v) is 8.87. The predicted octanol–water partition coefficient (Wildman–Crippen LogP) is 5.36. The van der Waals surface area contributed by atoms with E-state index in [1.54, 1.807) is 25.3 Å². The highest BCUT2D eigenvalue weighted by Gasteiger charge is 2.17. The molecular formula is C24H24O5. The molecule has 0 N–H and O–H groups in total. The number of esters is 2. The fourth-order valence-electron chi connectivity index (χ4n) is 2.47. The van der Waals surface area contributed by atoms with Crippen molar-refractivity contribution in [2.45, 2.75) is 20.8 Å². The zero-order valence-corrected chi connectivity index (χ0v) is 17.1. The predicted molar refractivity (Wildman–Crippen MR) is 114 cm³/mol. The summed E-state index contributed by atoms with van der Waals surface area (Å²) < 4.78 is 16.0. The van der Waals surface area contributed by atoms with E-state index < -0.39 is 11.9 Å². The molecule has 5 nitrogen and oxygen atoms in total. The lowest BCUT2D eigenvalue weighted by Crippen LogP contribution is -2.12. The molecule has 0 heterocycles. The minimum atomic E-state index is -0.621. The molecule has 0 radical (unpaired) electrons. The molecule has 150 valence electrons. The average molecular weight is 392 g/mol. The molecule has 0 aromatic heterocycles. The lowest BCUT2D eigenvalue weighted by atomic mass is 9.95. The van der Waals surface area contributed by atoms with Crippen LogP contribution in [-0.4, -0.2) is 19.0 Å². The summed E-state index contributed by atoms with van der Waals surface area (Å²) in [5.74, 6) is -0.315. The topological polar surface area (TPSA) is 61.8 Å². The van der Waals surface area contributed by atoms with Gasteiger partial charge in [-0.2, -0.15) is 0 Å². The van der Waals surface area contributed by atoms with Gasteiger partial charge in [-0.3, -0.25) is 0 Å². The molecular weight excluding hydrogens is 368 g/mol. The van der Waals surface area contributed by atoms with Gasteiger partial charge in [0.25, 0.3) is 0 Å². The maximum absolute atomic E-state index is 12.1. The van der Waals surface area contributed by atoms with Crippen LogP contribution in [0.5, 0.6) is 17.2 Å². The first kappa shape index (κ1) is 21.7. The lowest BCUT2D eigenvalue weighted by Gasteiger charge is -2.15. The van der Waals surface area contributed by atoms with Gasteiger partial charge in [0, 0.05) is 11.1 Å². The van der Waals surface area contributed by atoms with E-state index in [-0.39, 0.29) is 22.6 Å². The minimum absolute atomic E-state index is 0.105. The Bertz CT molecular complexity index is 1010. The summed E-state index contributed by atoms with van der Waals surface area (Å²) in [6.45, 7) is 16.1. The zero-order valence-electron chi connectivity index (χ0n) is 17.1. The Balaban J connectivity index is 2.59. The summed E-state index contributed by atoms with van der Waals surface area (Å²) in [7, 11) is 1.59. The van der Waals surface area contributed by atoms with E-state index in [2.05, 4.69) is 19.7 Å². The van der Waals surface area contributed by atoms with Gasteiger partial charge < -0.3 is 14.2 Å². The molecule has 2 aromatic rings. The van der Waals surface area contributed by atoms with Crippen molar-refractivity contribution in [1.29, 1.82) is 0 Å². The molecule has 29 heavy (non-hydrogen) atoms. The molecule has 0 aliphatic rings. The second-order valence-electron chi connectivity index (χ2n) is 6.69. The van der Waals surface area contributed by atoms with Gasteiger partial charge in [0.1, 0.15) is 5.75 Å². The van der Waals surface area contributed by atoms with Crippen LogP contribution in [-0.2, 0) is 9.59 Å². The van der Waals surface area contributed by atoms with Crippen molar-refractivity contribution in [3.63, 3.8) is 0 Å². The van der Waals surface area contributed by atoms with Crippen LogP contribution in [0.3, 0.4) is 0 Å². The molecule has 0 unspecified atom stereocenters. The molecule has 0 bridgehead atoms. The Morgan fingerprint density at radius 2 is 1.38 bits per heavy atom. The molecule has 2 aromatic carbocycles. The minimum Gasteiger partial charge on any atom is -0.497 e. The van der Waals surface area contributed by atoms with Crippen LogP contribution >= 0.6 is 0 Å². The van der Waals surface area contributed by atoms with E-state index in [9.17, 15) is 9.59 Å². The molecule has 2 rings (SSSR count). The van der Waals surface area contributed by atoms with E-state index in [0.717, 1.165) is 22.3 Å². The SMILES string of the molecule is C=C(C)C(=O)Oc1ccc(-c2ccc(OC)cc2C(=C)C)cc1OC(=O)C(=C)C. The van der Waals surface area contributed by atoms with Crippen molar-refractivity contribution in [1.82, 2.24) is 0 Å². The Morgan fingerprint density at radius 1 is 0.793 bits per heavy atom. The summed E-state index contributed by atoms with van der Waals surface area (Å²) in [6.07, 6.45) is 0. The number of carbonyl (C=O) groups excluding carboxylic acids is 2.